The van der Waals surface area contributed by atoms with Gasteiger partial charge in [-0.3, -0.25) is 0 Å². The molecule has 3 aliphatic rings. The second kappa shape index (κ2) is 12.4. The summed E-state index contributed by atoms with van der Waals surface area (Å²) in [5.74, 6) is 0.452. The van der Waals surface area contributed by atoms with Crippen LogP contribution >= 0.6 is 0 Å². The quantitative estimate of drug-likeness (QED) is 0.123. The molecule has 1 unspecified atom stereocenters. The molecule has 0 aromatic heterocycles. The van der Waals surface area contributed by atoms with E-state index in [4.69, 9.17) is 13.9 Å². The molecule has 1 spiro atoms. The van der Waals surface area contributed by atoms with Crippen LogP contribution < -0.4 is 0 Å². The highest BCUT2D eigenvalue weighted by Crippen LogP contribution is 2.57. The van der Waals surface area contributed by atoms with Crippen LogP contribution in [-0.2, 0) is 19.5 Å². The van der Waals surface area contributed by atoms with Gasteiger partial charge in [-0.1, -0.05) is 158 Å². The molecule has 2 fully saturated rings. The molecule has 4 heteroatoms. The lowest BCUT2D eigenvalue weighted by Crippen LogP contribution is -2.56. The summed E-state index contributed by atoms with van der Waals surface area (Å²) < 4.78 is 22.7. The molecule has 1 saturated heterocycles. The van der Waals surface area contributed by atoms with Crippen LogP contribution in [0.3, 0.4) is 0 Å². The second-order valence-electron chi connectivity index (χ2n) is 14.5. The van der Waals surface area contributed by atoms with Crippen LogP contribution in [0.25, 0.3) is 0 Å². The summed E-state index contributed by atoms with van der Waals surface area (Å²) >= 11 is 0. The third-order valence-corrected chi connectivity index (χ3v) is 17.3. The van der Waals surface area contributed by atoms with Crippen molar-refractivity contribution >= 4 is 8.32 Å². The minimum atomic E-state index is -2.20. The highest BCUT2D eigenvalue weighted by molar-refractivity contribution is 6.77. The zero-order valence-corrected chi connectivity index (χ0v) is 28.7. The third-order valence-electron chi connectivity index (χ3n) is 11.2. The van der Waals surface area contributed by atoms with Crippen molar-refractivity contribution in [3.05, 3.63) is 120 Å². The summed E-state index contributed by atoms with van der Waals surface area (Å²) in [6.07, 6.45) is 10.5. The van der Waals surface area contributed by atoms with Gasteiger partial charge in [-0.25, -0.2) is 0 Å². The Bertz CT molecular complexity index is 1280. The lowest BCUT2D eigenvalue weighted by Gasteiger charge is -2.48. The largest absolute Gasteiger partial charge is 0.410 e. The first-order valence-corrected chi connectivity index (χ1v) is 19.2. The SMILES string of the molecule is CC(C)[Si](O[C@@H]1C[C@@]23CCCCC2C=C[C@]1(COC(c1ccccc1)(c1ccccc1)c1ccccc1)O3)(C(C)C)C(C)C. The summed E-state index contributed by atoms with van der Waals surface area (Å²) in [5.41, 5.74) is 3.24. The van der Waals surface area contributed by atoms with Crippen LogP contribution in [-0.4, -0.2) is 32.2 Å². The van der Waals surface area contributed by atoms with Gasteiger partial charge in [0, 0.05) is 12.3 Å². The zero-order chi connectivity index (χ0) is 31.0. The molecule has 3 nitrogen and oxygen atoms in total. The van der Waals surface area contributed by atoms with E-state index in [-0.39, 0.29) is 11.7 Å². The van der Waals surface area contributed by atoms with Gasteiger partial charge in [0.2, 0.25) is 8.32 Å². The van der Waals surface area contributed by atoms with Gasteiger partial charge < -0.3 is 13.9 Å². The number of ether oxygens (including phenoxy) is 2. The fourth-order valence-electron chi connectivity index (χ4n) is 9.24. The fraction of sp³-hybridized carbons (Fsp3) is 0.500. The van der Waals surface area contributed by atoms with Crippen molar-refractivity contribution in [1.29, 1.82) is 0 Å². The van der Waals surface area contributed by atoms with Gasteiger partial charge in [-0.05, 0) is 46.2 Å². The lowest BCUT2D eigenvalue weighted by molar-refractivity contribution is -0.174. The molecule has 0 N–H and O–H groups in total. The van der Waals surface area contributed by atoms with Crippen LogP contribution in [0.4, 0.5) is 0 Å². The maximum atomic E-state index is 7.71. The first-order chi connectivity index (χ1) is 21.2. The molecule has 1 aliphatic carbocycles. The van der Waals surface area contributed by atoms with E-state index >= 15 is 0 Å². The molecule has 2 aliphatic heterocycles. The van der Waals surface area contributed by atoms with E-state index < -0.39 is 19.5 Å². The monoisotopic (exact) mass is 608 g/mol. The lowest BCUT2D eigenvalue weighted by atomic mass is 9.74. The molecule has 6 rings (SSSR count). The Balaban J connectivity index is 1.48. The summed E-state index contributed by atoms with van der Waals surface area (Å²) in [7, 11) is -2.20. The van der Waals surface area contributed by atoms with Gasteiger partial charge in [-0.2, -0.15) is 0 Å². The molecular formula is C40H52O3Si. The maximum Gasteiger partial charge on any atom is 0.200 e. The van der Waals surface area contributed by atoms with Crippen LogP contribution in [0.15, 0.2) is 103 Å². The molecule has 44 heavy (non-hydrogen) atoms. The molecule has 0 amide bonds. The minimum Gasteiger partial charge on any atom is -0.410 e. The number of rotatable bonds is 11. The number of benzene rings is 3. The fourth-order valence-corrected chi connectivity index (χ4v) is 14.8. The number of fused-ring (bicyclic) bond motifs is 1. The Morgan fingerprint density at radius 1 is 0.750 bits per heavy atom. The molecule has 2 bridgehead atoms. The third kappa shape index (κ3) is 5.16. The van der Waals surface area contributed by atoms with E-state index in [2.05, 4.69) is 145 Å². The van der Waals surface area contributed by atoms with Gasteiger partial charge in [-0.15, -0.1) is 0 Å². The first kappa shape index (κ1) is 31.5. The first-order valence-electron chi connectivity index (χ1n) is 17.1. The molecule has 1 saturated carbocycles. The molecular weight excluding hydrogens is 557 g/mol. The Kier molecular flexibility index (Phi) is 8.84. The molecule has 2 heterocycles. The van der Waals surface area contributed by atoms with Crippen molar-refractivity contribution in [3.8, 4) is 0 Å². The van der Waals surface area contributed by atoms with E-state index in [9.17, 15) is 0 Å². The molecule has 3 aromatic rings. The van der Waals surface area contributed by atoms with Gasteiger partial charge in [0.25, 0.3) is 0 Å². The van der Waals surface area contributed by atoms with Crippen LogP contribution in [0.1, 0.15) is 90.3 Å². The molecule has 0 radical (unpaired) electrons. The van der Waals surface area contributed by atoms with Gasteiger partial charge >= 0.3 is 0 Å². The molecule has 4 atom stereocenters. The Morgan fingerprint density at radius 3 is 1.73 bits per heavy atom. The van der Waals surface area contributed by atoms with E-state index in [1.54, 1.807) is 0 Å². The molecule has 234 valence electrons. The number of hydrogen-bond donors (Lipinski definition) is 0. The average Bonchev–Trinajstić information content (AvgIpc) is 3.26. The van der Waals surface area contributed by atoms with Crippen LogP contribution in [0, 0.1) is 5.92 Å². The second-order valence-corrected chi connectivity index (χ2v) is 19.9. The highest BCUT2D eigenvalue weighted by Gasteiger charge is 2.63. The summed E-state index contributed by atoms with van der Waals surface area (Å²) in [6.45, 7) is 14.8. The molecule has 3 aromatic carbocycles. The normalized spacial score (nSPS) is 26.8. The van der Waals surface area contributed by atoms with Crippen LogP contribution in [0.2, 0.25) is 16.6 Å². The summed E-state index contributed by atoms with van der Waals surface area (Å²) in [5, 5.41) is 0. The van der Waals surface area contributed by atoms with Crippen molar-refractivity contribution in [2.75, 3.05) is 6.61 Å². The van der Waals surface area contributed by atoms with Gasteiger partial charge in [0.1, 0.15) is 11.2 Å². The topological polar surface area (TPSA) is 27.7 Å². The number of hydrogen-bond acceptors (Lipinski definition) is 3. The highest BCUT2D eigenvalue weighted by atomic mass is 28.4. The average molecular weight is 609 g/mol. The van der Waals surface area contributed by atoms with E-state index in [1.807, 2.05) is 0 Å². The van der Waals surface area contributed by atoms with Gasteiger partial charge in [0.05, 0.1) is 18.3 Å². The Morgan fingerprint density at radius 2 is 1.25 bits per heavy atom. The van der Waals surface area contributed by atoms with Crippen molar-refractivity contribution in [2.45, 2.75) is 113 Å². The predicted molar refractivity (Wildman–Crippen MR) is 183 cm³/mol. The summed E-state index contributed by atoms with van der Waals surface area (Å²) in [6, 6.07) is 32.1. The Hall–Kier alpha value is -2.50. The van der Waals surface area contributed by atoms with E-state index in [1.165, 1.54) is 19.3 Å². The standard InChI is InChI=1S/C40H52O3Si/c1-30(2)44(31(3)4,32(5)6)42-37-28-38-26-17-16-18-33(38)25-27-39(37,43-38)29-41-40(34-19-10-7-11-20-34,35-21-12-8-13-22-35)36-23-14-9-15-24-36/h7-15,19-25,27,30-33,37H,16-18,26,28-29H2,1-6H3/t33?,37-,38+,39-/m1/s1. The van der Waals surface area contributed by atoms with Crippen LogP contribution in [0.5, 0.6) is 0 Å². The smallest absolute Gasteiger partial charge is 0.200 e. The maximum absolute atomic E-state index is 7.71. The van der Waals surface area contributed by atoms with Crippen molar-refractivity contribution in [2.24, 2.45) is 5.92 Å². The van der Waals surface area contributed by atoms with E-state index in [0.717, 1.165) is 29.5 Å². The Labute approximate surface area is 267 Å². The zero-order valence-electron chi connectivity index (χ0n) is 27.7. The van der Waals surface area contributed by atoms with E-state index in [0.29, 0.717) is 29.1 Å². The minimum absolute atomic E-state index is 0.0410. The van der Waals surface area contributed by atoms with Crippen molar-refractivity contribution in [1.82, 2.24) is 0 Å². The van der Waals surface area contributed by atoms with Crippen molar-refractivity contribution < 1.29 is 13.9 Å². The van der Waals surface area contributed by atoms with Crippen molar-refractivity contribution in [3.63, 3.8) is 0 Å². The predicted octanol–water partition coefficient (Wildman–Crippen LogP) is 10.2. The summed E-state index contributed by atoms with van der Waals surface area (Å²) in [4.78, 5) is 0. The van der Waals surface area contributed by atoms with Gasteiger partial charge in [0.15, 0.2) is 0 Å².